The second kappa shape index (κ2) is 9.52. The summed E-state index contributed by atoms with van der Waals surface area (Å²) in [6.45, 7) is 2.96. The number of hydrogen-bond donors (Lipinski definition) is 2. The fourth-order valence-electron chi connectivity index (χ4n) is 3.92. The predicted molar refractivity (Wildman–Crippen MR) is 129 cm³/mol. The summed E-state index contributed by atoms with van der Waals surface area (Å²) < 4.78 is 10.8. The van der Waals surface area contributed by atoms with Gasteiger partial charge in [-0.2, -0.15) is 0 Å². The molecular weight excluding hydrogens is 451 g/mol. The van der Waals surface area contributed by atoms with Gasteiger partial charge in [0.25, 0.3) is 0 Å². The van der Waals surface area contributed by atoms with Crippen LogP contribution >= 0.6 is 23.2 Å². The van der Waals surface area contributed by atoms with E-state index >= 15 is 0 Å². The van der Waals surface area contributed by atoms with E-state index in [4.69, 9.17) is 43.4 Å². The van der Waals surface area contributed by atoms with E-state index < -0.39 is 0 Å². The maximum Gasteiger partial charge on any atom is 0.220 e. The molecule has 170 valence electrons. The van der Waals surface area contributed by atoms with Crippen LogP contribution in [0.1, 0.15) is 12.8 Å². The van der Waals surface area contributed by atoms with Gasteiger partial charge in [0.05, 0.1) is 30.0 Å². The number of halogens is 2. The van der Waals surface area contributed by atoms with Gasteiger partial charge in [0.15, 0.2) is 5.82 Å². The minimum Gasteiger partial charge on any atom is -0.495 e. The molecule has 8 nitrogen and oxygen atoms in total. The number of likely N-dealkylation sites (tertiary alicyclic amines) is 1. The first-order chi connectivity index (χ1) is 15.4. The molecule has 3 heterocycles. The second-order valence-electron chi connectivity index (χ2n) is 7.93. The molecule has 1 aliphatic rings. The number of nitrogen functional groups attached to an aromatic ring is 1. The van der Waals surface area contributed by atoms with Gasteiger partial charge < -0.3 is 25.4 Å². The predicted octanol–water partition coefficient (Wildman–Crippen LogP) is 4.35. The van der Waals surface area contributed by atoms with Crippen molar-refractivity contribution in [3.05, 3.63) is 28.4 Å². The Morgan fingerprint density at radius 3 is 2.38 bits per heavy atom. The molecule has 0 amide bonds. The maximum absolute atomic E-state index is 6.64. The summed E-state index contributed by atoms with van der Waals surface area (Å²) in [5.41, 5.74) is 7.59. The van der Waals surface area contributed by atoms with Crippen molar-refractivity contribution in [2.75, 3.05) is 52.0 Å². The van der Waals surface area contributed by atoms with Crippen molar-refractivity contribution in [1.82, 2.24) is 19.9 Å². The number of anilines is 2. The van der Waals surface area contributed by atoms with E-state index in [9.17, 15) is 0 Å². The molecule has 0 radical (unpaired) electrons. The summed E-state index contributed by atoms with van der Waals surface area (Å²) in [7, 11) is 5.23. The van der Waals surface area contributed by atoms with E-state index in [1.54, 1.807) is 12.3 Å². The Kier molecular flexibility index (Phi) is 6.74. The van der Waals surface area contributed by atoms with Gasteiger partial charge in [-0.25, -0.2) is 15.0 Å². The molecule has 0 aliphatic carbocycles. The van der Waals surface area contributed by atoms with Crippen LogP contribution in [-0.4, -0.2) is 60.8 Å². The number of nitrogens with two attached hydrogens (primary N) is 1. The zero-order valence-electron chi connectivity index (χ0n) is 18.3. The minimum atomic E-state index is 0.188. The number of nitrogens with one attached hydrogen (secondary N) is 1. The van der Waals surface area contributed by atoms with Crippen LogP contribution in [0.2, 0.25) is 10.0 Å². The minimum absolute atomic E-state index is 0.188. The molecule has 1 fully saturated rings. The lowest BCUT2D eigenvalue weighted by Crippen LogP contribution is -2.33. The zero-order chi connectivity index (χ0) is 22.8. The topological polar surface area (TPSA) is 98.4 Å². The number of hydrogen-bond acceptors (Lipinski definition) is 8. The Hall–Kier alpha value is -2.55. The monoisotopic (exact) mass is 476 g/mol. The molecule has 0 unspecified atom stereocenters. The van der Waals surface area contributed by atoms with Crippen LogP contribution < -0.4 is 20.5 Å². The lowest BCUT2D eigenvalue weighted by Gasteiger charge is -2.29. The van der Waals surface area contributed by atoms with Crippen molar-refractivity contribution in [3.63, 3.8) is 0 Å². The summed E-state index contributed by atoms with van der Waals surface area (Å²) in [5.74, 6) is 2.24. The van der Waals surface area contributed by atoms with Crippen molar-refractivity contribution >= 4 is 45.9 Å². The van der Waals surface area contributed by atoms with Crippen LogP contribution in [0.15, 0.2) is 18.3 Å². The molecule has 0 spiro atoms. The molecular formula is C22H26Cl2N6O2. The third-order valence-corrected chi connectivity index (χ3v) is 6.56. The van der Waals surface area contributed by atoms with Crippen LogP contribution in [0, 0.1) is 5.92 Å². The molecule has 32 heavy (non-hydrogen) atoms. The van der Waals surface area contributed by atoms with Gasteiger partial charge in [0, 0.05) is 29.8 Å². The number of aromatic nitrogens is 3. The average Bonchev–Trinajstić information content (AvgIpc) is 2.79. The van der Waals surface area contributed by atoms with E-state index in [-0.39, 0.29) is 5.95 Å². The fraction of sp³-hybridized carbons (Fsp3) is 0.409. The fourth-order valence-corrected chi connectivity index (χ4v) is 4.62. The molecule has 1 aromatic carbocycles. The van der Waals surface area contributed by atoms with E-state index in [1.807, 2.05) is 6.07 Å². The van der Waals surface area contributed by atoms with Crippen LogP contribution in [0.25, 0.3) is 22.2 Å². The highest BCUT2D eigenvalue weighted by atomic mass is 35.5. The number of ether oxygens (including phenoxy) is 2. The summed E-state index contributed by atoms with van der Waals surface area (Å²) in [5, 5.41) is 4.95. The van der Waals surface area contributed by atoms with E-state index in [2.05, 4.69) is 27.2 Å². The molecule has 4 rings (SSSR count). The highest BCUT2D eigenvalue weighted by molar-refractivity contribution is 6.41. The Balaban J connectivity index is 1.79. The lowest BCUT2D eigenvalue weighted by molar-refractivity contribution is 0.226. The standard InChI is InChI=1S/C22H26Cl2N6O2/c1-30-6-4-12(5-7-30)10-26-21-20-13(11-27-22(25)29-20)8-14(28-21)17-18(23)15(31-2)9-16(32-3)19(17)24/h8-9,11-12H,4-7,10H2,1-3H3,(H,26,28)(H2,25,27,29). The molecule has 1 saturated heterocycles. The smallest absolute Gasteiger partial charge is 0.220 e. The van der Waals surface area contributed by atoms with E-state index in [0.29, 0.717) is 50.1 Å². The zero-order valence-corrected chi connectivity index (χ0v) is 19.8. The third kappa shape index (κ3) is 4.48. The van der Waals surface area contributed by atoms with Gasteiger partial charge in [0.2, 0.25) is 5.95 Å². The van der Waals surface area contributed by atoms with Crippen molar-refractivity contribution in [1.29, 1.82) is 0 Å². The molecule has 10 heteroatoms. The number of methoxy groups -OCH3 is 2. The Morgan fingerprint density at radius 1 is 1.09 bits per heavy atom. The first kappa shape index (κ1) is 22.6. The van der Waals surface area contributed by atoms with Crippen molar-refractivity contribution in [3.8, 4) is 22.8 Å². The lowest BCUT2D eigenvalue weighted by atomic mass is 9.97. The normalized spacial score (nSPS) is 15.2. The third-order valence-electron chi connectivity index (χ3n) is 5.81. The number of benzene rings is 1. The highest BCUT2D eigenvalue weighted by Crippen LogP contribution is 2.46. The number of piperidine rings is 1. The van der Waals surface area contributed by atoms with Gasteiger partial charge in [-0.3, -0.25) is 0 Å². The SMILES string of the molecule is COc1cc(OC)c(Cl)c(-c2cc3cnc(N)nc3c(NCC3CCN(C)CC3)n2)c1Cl. The quantitative estimate of drug-likeness (QED) is 0.541. The number of nitrogens with zero attached hydrogens (tertiary/aromatic N) is 4. The molecule has 0 bridgehead atoms. The van der Waals surface area contributed by atoms with Gasteiger partial charge in [-0.05, 0) is 45.0 Å². The van der Waals surface area contributed by atoms with Crippen molar-refractivity contribution in [2.24, 2.45) is 5.92 Å². The van der Waals surface area contributed by atoms with Gasteiger partial charge >= 0.3 is 0 Å². The summed E-state index contributed by atoms with van der Waals surface area (Å²) in [6, 6.07) is 3.49. The first-order valence-corrected chi connectivity index (χ1v) is 11.1. The Labute approximate surface area is 197 Å². The Morgan fingerprint density at radius 2 is 1.75 bits per heavy atom. The molecule has 3 aromatic rings. The number of fused-ring (bicyclic) bond motifs is 1. The van der Waals surface area contributed by atoms with Gasteiger partial charge in [0.1, 0.15) is 17.0 Å². The molecule has 3 N–H and O–H groups in total. The summed E-state index contributed by atoms with van der Waals surface area (Å²) in [6.07, 6.45) is 3.93. The second-order valence-corrected chi connectivity index (χ2v) is 8.69. The molecule has 1 aliphatic heterocycles. The van der Waals surface area contributed by atoms with Crippen LogP contribution in [0.5, 0.6) is 11.5 Å². The Bertz CT molecular complexity index is 1110. The summed E-state index contributed by atoms with van der Waals surface area (Å²) >= 11 is 13.3. The van der Waals surface area contributed by atoms with E-state index in [0.717, 1.165) is 37.9 Å². The molecule has 2 aromatic heterocycles. The van der Waals surface area contributed by atoms with Crippen LogP contribution in [0.3, 0.4) is 0 Å². The van der Waals surface area contributed by atoms with Gasteiger partial charge in [-0.1, -0.05) is 23.2 Å². The molecule has 0 atom stereocenters. The van der Waals surface area contributed by atoms with Gasteiger partial charge in [-0.15, -0.1) is 0 Å². The number of pyridine rings is 1. The average molecular weight is 477 g/mol. The highest BCUT2D eigenvalue weighted by Gasteiger charge is 2.22. The first-order valence-electron chi connectivity index (χ1n) is 10.4. The van der Waals surface area contributed by atoms with Crippen LogP contribution in [-0.2, 0) is 0 Å². The largest absolute Gasteiger partial charge is 0.495 e. The summed E-state index contributed by atoms with van der Waals surface area (Å²) in [4.78, 5) is 15.7. The molecule has 0 saturated carbocycles. The van der Waals surface area contributed by atoms with E-state index in [1.165, 1.54) is 14.2 Å². The number of rotatable bonds is 6. The maximum atomic E-state index is 6.64. The van der Waals surface area contributed by atoms with Crippen molar-refractivity contribution < 1.29 is 9.47 Å². The van der Waals surface area contributed by atoms with Crippen molar-refractivity contribution in [2.45, 2.75) is 12.8 Å². The van der Waals surface area contributed by atoms with Crippen LogP contribution in [0.4, 0.5) is 11.8 Å².